The van der Waals surface area contributed by atoms with Crippen LogP contribution in [0.5, 0.6) is 11.5 Å². The quantitative estimate of drug-likeness (QED) is 0.793. The van der Waals surface area contributed by atoms with E-state index in [9.17, 15) is 4.79 Å². The Balaban J connectivity index is 2.28. The number of nitriles is 1. The molecule has 1 aromatic heterocycles. The van der Waals surface area contributed by atoms with Crippen LogP contribution in [0.25, 0.3) is 22.5 Å². The lowest BCUT2D eigenvalue weighted by atomic mass is 10.0. The van der Waals surface area contributed by atoms with Gasteiger partial charge in [-0.25, -0.2) is 4.98 Å². The minimum atomic E-state index is -0.535. The van der Waals surface area contributed by atoms with Crippen LogP contribution in [-0.4, -0.2) is 24.2 Å². The second kappa shape index (κ2) is 6.89. The first-order valence-corrected chi connectivity index (χ1v) is 7.49. The molecule has 124 valence electrons. The predicted octanol–water partition coefficient (Wildman–Crippen LogP) is 2.99. The summed E-state index contributed by atoms with van der Waals surface area (Å²) in [7, 11) is 3.14. The molecule has 6 nitrogen and oxygen atoms in total. The molecule has 3 aromatic rings. The average molecular weight is 333 g/mol. The zero-order valence-electron chi connectivity index (χ0n) is 13.7. The molecule has 1 N–H and O–H groups in total. The molecular weight excluding hydrogens is 318 g/mol. The monoisotopic (exact) mass is 333 g/mol. The van der Waals surface area contributed by atoms with Gasteiger partial charge in [0.1, 0.15) is 17.6 Å². The van der Waals surface area contributed by atoms with Crippen molar-refractivity contribution in [2.24, 2.45) is 0 Å². The third-order valence-electron chi connectivity index (χ3n) is 3.72. The molecule has 25 heavy (non-hydrogen) atoms. The van der Waals surface area contributed by atoms with Crippen LogP contribution in [0.2, 0.25) is 0 Å². The van der Waals surface area contributed by atoms with Gasteiger partial charge in [0.15, 0.2) is 0 Å². The van der Waals surface area contributed by atoms with Gasteiger partial charge in [0.25, 0.3) is 5.56 Å². The molecule has 0 fully saturated rings. The molecule has 0 amide bonds. The van der Waals surface area contributed by atoms with Crippen LogP contribution in [0.4, 0.5) is 0 Å². The first-order valence-electron chi connectivity index (χ1n) is 7.49. The molecule has 0 unspecified atom stereocenters. The van der Waals surface area contributed by atoms with Gasteiger partial charge >= 0.3 is 0 Å². The number of H-pyrrole nitrogens is 1. The number of nitrogens with zero attached hydrogens (tertiary/aromatic N) is 2. The van der Waals surface area contributed by atoms with E-state index in [1.165, 1.54) is 0 Å². The van der Waals surface area contributed by atoms with Crippen LogP contribution < -0.4 is 15.0 Å². The Kier molecular flexibility index (Phi) is 4.48. The third-order valence-corrected chi connectivity index (χ3v) is 3.72. The van der Waals surface area contributed by atoms with E-state index >= 15 is 0 Å². The van der Waals surface area contributed by atoms with Crippen molar-refractivity contribution < 1.29 is 9.47 Å². The summed E-state index contributed by atoms with van der Waals surface area (Å²) in [6.07, 6.45) is 0. The Morgan fingerprint density at radius 3 is 2.20 bits per heavy atom. The summed E-state index contributed by atoms with van der Waals surface area (Å²) in [5, 5.41) is 9.16. The van der Waals surface area contributed by atoms with E-state index in [-0.39, 0.29) is 5.69 Å². The molecule has 3 rings (SSSR count). The lowest BCUT2D eigenvalue weighted by molar-refractivity contribution is 0.415. The van der Waals surface area contributed by atoms with E-state index in [1.54, 1.807) is 26.4 Å². The highest BCUT2D eigenvalue weighted by Gasteiger charge is 2.15. The van der Waals surface area contributed by atoms with E-state index in [4.69, 9.17) is 14.7 Å². The van der Waals surface area contributed by atoms with Gasteiger partial charge in [-0.1, -0.05) is 24.3 Å². The van der Waals surface area contributed by atoms with Gasteiger partial charge in [0, 0.05) is 11.1 Å². The fourth-order valence-corrected chi connectivity index (χ4v) is 2.49. The van der Waals surface area contributed by atoms with Crippen molar-refractivity contribution in [2.75, 3.05) is 14.2 Å². The van der Waals surface area contributed by atoms with E-state index in [0.29, 0.717) is 22.9 Å². The second-order valence-electron chi connectivity index (χ2n) is 5.21. The van der Waals surface area contributed by atoms with Crippen molar-refractivity contribution in [3.63, 3.8) is 0 Å². The normalized spacial score (nSPS) is 10.1. The highest BCUT2D eigenvalue weighted by atomic mass is 16.5. The van der Waals surface area contributed by atoms with Crippen LogP contribution in [-0.2, 0) is 0 Å². The van der Waals surface area contributed by atoms with Crippen molar-refractivity contribution >= 4 is 0 Å². The molecule has 0 aliphatic rings. The highest BCUT2D eigenvalue weighted by Crippen LogP contribution is 2.31. The molecule has 0 saturated heterocycles. The molecular formula is C19H15N3O3. The lowest BCUT2D eigenvalue weighted by Gasteiger charge is -2.11. The molecule has 0 radical (unpaired) electrons. The Morgan fingerprint density at radius 1 is 1.00 bits per heavy atom. The third kappa shape index (κ3) is 3.21. The van der Waals surface area contributed by atoms with Crippen molar-refractivity contribution in [1.29, 1.82) is 5.26 Å². The standard InChI is InChI=1S/C19H15N3O3/c1-24-14-7-3-5-12(9-14)17-18(22-19(23)16(11-20)21-17)13-6-4-8-15(10-13)25-2/h3-10H,1-2H3,(H,22,23). The predicted molar refractivity (Wildman–Crippen MR) is 93.5 cm³/mol. The van der Waals surface area contributed by atoms with E-state index in [1.807, 2.05) is 42.5 Å². The first kappa shape index (κ1) is 16.3. The number of hydrogen-bond acceptors (Lipinski definition) is 5. The Morgan fingerprint density at radius 2 is 1.60 bits per heavy atom. The fraction of sp³-hybridized carbons (Fsp3) is 0.105. The molecule has 1 heterocycles. The molecule has 6 heteroatoms. The smallest absolute Gasteiger partial charge is 0.285 e. The second-order valence-corrected chi connectivity index (χ2v) is 5.21. The summed E-state index contributed by atoms with van der Waals surface area (Å²) in [4.78, 5) is 19.1. The van der Waals surface area contributed by atoms with Crippen LogP contribution >= 0.6 is 0 Å². The van der Waals surface area contributed by atoms with Gasteiger partial charge in [-0.15, -0.1) is 0 Å². The first-order chi connectivity index (χ1) is 12.2. The van der Waals surface area contributed by atoms with Gasteiger partial charge in [0.2, 0.25) is 5.69 Å². The van der Waals surface area contributed by atoms with Crippen LogP contribution in [0.1, 0.15) is 5.69 Å². The minimum Gasteiger partial charge on any atom is -0.497 e. The molecule has 0 saturated carbocycles. The fourth-order valence-electron chi connectivity index (χ4n) is 2.49. The lowest BCUT2D eigenvalue weighted by Crippen LogP contribution is -2.15. The Hall–Kier alpha value is -3.59. The summed E-state index contributed by atoms with van der Waals surface area (Å²) in [6.45, 7) is 0. The summed E-state index contributed by atoms with van der Waals surface area (Å²) in [6, 6.07) is 16.4. The topological polar surface area (TPSA) is 88.0 Å². The van der Waals surface area contributed by atoms with Gasteiger partial charge in [-0.2, -0.15) is 5.26 Å². The van der Waals surface area contributed by atoms with Crippen molar-refractivity contribution in [2.45, 2.75) is 0 Å². The highest BCUT2D eigenvalue weighted by molar-refractivity contribution is 5.79. The van der Waals surface area contributed by atoms with Gasteiger partial charge in [0.05, 0.1) is 25.6 Å². The zero-order chi connectivity index (χ0) is 17.8. The average Bonchev–Trinajstić information content (AvgIpc) is 2.67. The summed E-state index contributed by atoms with van der Waals surface area (Å²) < 4.78 is 10.5. The number of rotatable bonds is 4. The Bertz CT molecular complexity index is 1020. The largest absolute Gasteiger partial charge is 0.497 e. The maximum atomic E-state index is 12.1. The SMILES string of the molecule is COc1cccc(-c2nc(C#N)c(=O)[nH]c2-c2cccc(OC)c2)c1. The zero-order valence-corrected chi connectivity index (χ0v) is 13.7. The minimum absolute atomic E-state index is 0.190. The number of nitrogens with one attached hydrogen (secondary N) is 1. The maximum absolute atomic E-state index is 12.1. The molecule has 0 aliphatic heterocycles. The molecule has 0 aliphatic carbocycles. The van der Waals surface area contributed by atoms with Crippen LogP contribution in [0.3, 0.4) is 0 Å². The van der Waals surface area contributed by atoms with Crippen LogP contribution in [0.15, 0.2) is 53.3 Å². The van der Waals surface area contributed by atoms with E-state index in [2.05, 4.69) is 9.97 Å². The number of hydrogen-bond donors (Lipinski definition) is 1. The van der Waals surface area contributed by atoms with Crippen molar-refractivity contribution in [1.82, 2.24) is 9.97 Å². The summed E-state index contributed by atoms with van der Waals surface area (Å²) in [5.41, 5.74) is 1.73. The van der Waals surface area contributed by atoms with Gasteiger partial charge in [-0.05, 0) is 24.3 Å². The molecule has 0 atom stereocenters. The number of benzene rings is 2. The molecule has 0 spiro atoms. The van der Waals surface area contributed by atoms with Crippen molar-refractivity contribution in [3.8, 4) is 40.1 Å². The summed E-state index contributed by atoms with van der Waals surface area (Å²) >= 11 is 0. The van der Waals surface area contributed by atoms with Gasteiger partial charge in [-0.3, -0.25) is 4.79 Å². The van der Waals surface area contributed by atoms with Crippen LogP contribution in [0, 0.1) is 11.3 Å². The maximum Gasteiger partial charge on any atom is 0.285 e. The molecule has 2 aromatic carbocycles. The number of aromatic amines is 1. The number of methoxy groups -OCH3 is 2. The summed E-state index contributed by atoms with van der Waals surface area (Å²) in [5.74, 6) is 1.31. The Labute approximate surface area is 144 Å². The van der Waals surface area contributed by atoms with E-state index < -0.39 is 5.56 Å². The number of ether oxygens (including phenoxy) is 2. The molecule has 0 bridgehead atoms. The van der Waals surface area contributed by atoms with E-state index in [0.717, 1.165) is 11.1 Å². The van der Waals surface area contributed by atoms with Crippen molar-refractivity contribution in [3.05, 3.63) is 64.6 Å². The number of aromatic nitrogens is 2. The van der Waals surface area contributed by atoms with Gasteiger partial charge < -0.3 is 14.5 Å².